The number of hydrogen-bond donors (Lipinski definition) is 0. The molecule has 0 aliphatic rings. The van der Waals surface area contributed by atoms with Gasteiger partial charge in [0.15, 0.2) is 0 Å². The lowest BCUT2D eigenvalue weighted by Crippen LogP contribution is -2.04. The average Bonchev–Trinajstić information content (AvgIpc) is 2.07. The maximum Gasteiger partial charge on any atom is 0.124 e. The summed E-state index contributed by atoms with van der Waals surface area (Å²) in [6.45, 7) is 0. The van der Waals surface area contributed by atoms with Crippen LogP contribution in [-0.2, 0) is 16.5 Å². The van der Waals surface area contributed by atoms with Crippen molar-refractivity contribution in [3.8, 4) is 0 Å². The molecule has 0 fully saturated rings. The summed E-state index contributed by atoms with van der Waals surface area (Å²) in [6.07, 6.45) is 0.347. The first-order valence-electron chi connectivity index (χ1n) is 3.76. The molecule has 0 saturated carbocycles. The standard InChI is InChI=1S/C8H8BrClO3S/c9-7-2-1-3-8(14(11,12)13)6(7)4-5-10/h1-3H,4-5H2,(H,11,12,13)/p-1. The van der Waals surface area contributed by atoms with Gasteiger partial charge in [0.1, 0.15) is 10.1 Å². The van der Waals surface area contributed by atoms with Crippen molar-refractivity contribution in [1.82, 2.24) is 0 Å². The molecule has 0 aromatic heterocycles. The van der Waals surface area contributed by atoms with Gasteiger partial charge in [0.2, 0.25) is 0 Å². The Morgan fingerprint density at radius 2 is 2.07 bits per heavy atom. The van der Waals surface area contributed by atoms with Gasteiger partial charge in [-0.05, 0) is 24.1 Å². The third-order valence-corrected chi connectivity index (χ3v) is 3.54. The van der Waals surface area contributed by atoms with Gasteiger partial charge in [-0.25, -0.2) is 8.42 Å². The highest BCUT2D eigenvalue weighted by Gasteiger charge is 2.10. The van der Waals surface area contributed by atoms with Crippen molar-refractivity contribution in [1.29, 1.82) is 0 Å². The van der Waals surface area contributed by atoms with Gasteiger partial charge in [-0.3, -0.25) is 0 Å². The van der Waals surface area contributed by atoms with Gasteiger partial charge < -0.3 is 4.55 Å². The minimum atomic E-state index is -4.42. The van der Waals surface area contributed by atoms with E-state index in [1.807, 2.05) is 0 Å². The third-order valence-electron chi connectivity index (χ3n) is 1.69. The maximum absolute atomic E-state index is 10.9. The predicted octanol–water partition coefficient (Wildman–Crippen LogP) is 2.13. The Bertz CT molecular complexity index is 430. The van der Waals surface area contributed by atoms with Gasteiger partial charge in [0.05, 0.1) is 4.90 Å². The van der Waals surface area contributed by atoms with Crippen LogP contribution in [0.1, 0.15) is 5.56 Å². The molecule has 0 N–H and O–H groups in total. The second-order valence-corrected chi connectivity index (χ2v) is 5.19. The second-order valence-electron chi connectivity index (χ2n) is 2.61. The minimum absolute atomic E-state index is 0.201. The molecule has 1 aromatic rings. The average molecular weight is 299 g/mol. The summed E-state index contributed by atoms with van der Waals surface area (Å²) in [4.78, 5) is -0.201. The molecule has 1 aromatic carbocycles. The molecule has 0 spiro atoms. The highest BCUT2D eigenvalue weighted by atomic mass is 79.9. The van der Waals surface area contributed by atoms with E-state index >= 15 is 0 Å². The van der Waals surface area contributed by atoms with Crippen LogP contribution in [0.5, 0.6) is 0 Å². The van der Waals surface area contributed by atoms with Crippen LogP contribution in [-0.4, -0.2) is 18.9 Å². The van der Waals surface area contributed by atoms with Crippen molar-refractivity contribution < 1.29 is 13.0 Å². The summed E-state index contributed by atoms with van der Waals surface area (Å²) < 4.78 is 33.2. The van der Waals surface area contributed by atoms with Crippen LogP contribution in [0.2, 0.25) is 0 Å². The summed E-state index contributed by atoms with van der Waals surface area (Å²) in [5, 5.41) is 0. The summed E-state index contributed by atoms with van der Waals surface area (Å²) in [7, 11) is -4.42. The molecule has 3 nitrogen and oxygen atoms in total. The molecule has 6 heteroatoms. The molecule has 0 aliphatic heterocycles. The molecule has 0 amide bonds. The molecule has 0 atom stereocenters. The Morgan fingerprint density at radius 3 is 2.57 bits per heavy atom. The fraction of sp³-hybridized carbons (Fsp3) is 0.250. The fourth-order valence-corrected chi connectivity index (χ4v) is 2.75. The van der Waals surface area contributed by atoms with Gasteiger partial charge in [-0.2, -0.15) is 0 Å². The van der Waals surface area contributed by atoms with Crippen LogP contribution in [0.25, 0.3) is 0 Å². The minimum Gasteiger partial charge on any atom is -0.744 e. The van der Waals surface area contributed by atoms with Gasteiger partial charge in [0, 0.05) is 10.4 Å². The Morgan fingerprint density at radius 1 is 1.43 bits per heavy atom. The van der Waals surface area contributed by atoms with Crippen LogP contribution in [0.4, 0.5) is 0 Å². The van der Waals surface area contributed by atoms with E-state index in [-0.39, 0.29) is 10.8 Å². The first kappa shape index (κ1) is 12.0. The molecule has 0 saturated heterocycles. The molecule has 0 unspecified atom stereocenters. The molecule has 0 radical (unpaired) electrons. The van der Waals surface area contributed by atoms with Crippen LogP contribution >= 0.6 is 27.5 Å². The topological polar surface area (TPSA) is 57.2 Å². The smallest absolute Gasteiger partial charge is 0.124 e. The molecule has 1 rings (SSSR count). The lowest BCUT2D eigenvalue weighted by molar-refractivity contribution is 0.462. The van der Waals surface area contributed by atoms with Crippen molar-refractivity contribution in [2.24, 2.45) is 0 Å². The highest BCUT2D eigenvalue weighted by molar-refractivity contribution is 9.10. The lowest BCUT2D eigenvalue weighted by Gasteiger charge is -2.13. The lowest BCUT2D eigenvalue weighted by atomic mass is 10.2. The van der Waals surface area contributed by atoms with Crippen LogP contribution < -0.4 is 0 Å². The van der Waals surface area contributed by atoms with Gasteiger partial charge in [-0.1, -0.05) is 22.0 Å². The van der Waals surface area contributed by atoms with Crippen molar-refractivity contribution in [2.45, 2.75) is 11.3 Å². The number of rotatable bonds is 3. The van der Waals surface area contributed by atoms with Crippen molar-refractivity contribution in [2.75, 3.05) is 5.88 Å². The first-order chi connectivity index (χ1) is 6.46. The van der Waals surface area contributed by atoms with Gasteiger partial charge in [0.25, 0.3) is 0 Å². The molecular weight excluding hydrogens is 292 g/mol. The van der Waals surface area contributed by atoms with E-state index in [4.69, 9.17) is 11.6 Å². The van der Waals surface area contributed by atoms with E-state index in [1.54, 1.807) is 6.07 Å². The van der Waals surface area contributed by atoms with Gasteiger partial charge >= 0.3 is 0 Å². The summed E-state index contributed by atoms with van der Waals surface area (Å²) in [6, 6.07) is 4.47. The molecule has 14 heavy (non-hydrogen) atoms. The number of halogens is 2. The Hall–Kier alpha value is -0.100. The van der Waals surface area contributed by atoms with E-state index < -0.39 is 10.1 Å². The molecule has 0 aliphatic carbocycles. The Labute approximate surface area is 96.0 Å². The zero-order valence-electron chi connectivity index (χ0n) is 7.04. The maximum atomic E-state index is 10.9. The van der Waals surface area contributed by atoms with Crippen LogP contribution in [0.3, 0.4) is 0 Å². The zero-order valence-corrected chi connectivity index (χ0v) is 10.2. The molecular formula is C8H7BrClO3S-. The normalized spacial score (nSPS) is 11.6. The van der Waals surface area contributed by atoms with E-state index in [1.165, 1.54) is 12.1 Å². The Balaban J connectivity index is 3.36. The first-order valence-corrected chi connectivity index (χ1v) is 6.49. The van der Waals surface area contributed by atoms with Crippen LogP contribution in [0, 0.1) is 0 Å². The van der Waals surface area contributed by atoms with E-state index in [0.29, 0.717) is 16.5 Å². The predicted molar refractivity (Wildman–Crippen MR) is 56.5 cm³/mol. The van der Waals surface area contributed by atoms with Crippen molar-refractivity contribution in [3.05, 3.63) is 28.2 Å². The largest absolute Gasteiger partial charge is 0.744 e. The van der Waals surface area contributed by atoms with Crippen LogP contribution in [0.15, 0.2) is 27.6 Å². The summed E-state index contributed by atoms with van der Waals surface area (Å²) in [5.74, 6) is 0.269. The van der Waals surface area contributed by atoms with E-state index in [2.05, 4.69) is 15.9 Å². The third kappa shape index (κ3) is 2.70. The summed E-state index contributed by atoms with van der Waals surface area (Å²) in [5.41, 5.74) is 0.442. The summed E-state index contributed by atoms with van der Waals surface area (Å²) >= 11 is 8.69. The number of hydrogen-bond acceptors (Lipinski definition) is 3. The van der Waals surface area contributed by atoms with Crippen molar-refractivity contribution in [3.63, 3.8) is 0 Å². The number of alkyl halides is 1. The van der Waals surface area contributed by atoms with Gasteiger partial charge in [-0.15, -0.1) is 11.6 Å². The van der Waals surface area contributed by atoms with Crippen molar-refractivity contribution >= 4 is 37.6 Å². The number of benzene rings is 1. The monoisotopic (exact) mass is 297 g/mol. The highest BCUT2D eigenvalue weighted by Crippen LogP contribution is 2.24. The Kier molecular flexibility index (Phi) is 3.94. The molecule has 0 heterocycles. The van der Waals surface area contributed by atoms with E-state index in [9.17, 15) is 13.0 Å². The zero-order chi connectivity index (χ0) is 10.8. The SMILES string of the molecule is O=S(=O)([O-])c1cccc(Br)c1CCCl. The quantitative estimate of drug-likeness (QED) is 0.634. The fourth-order valence-electron chi connectivity index (χ4n) is 1.11. The second kappa shape index (κ2) is 4.61. The molecule has 0 bridgehead atoms. The molecule has 78 valence electrons. The van der Waals surface area contributed by atoms with E-state index in [0.717, 1.165) is 0 Å².